The van der Waals surface area contributed by atoms with Crippen molar-refractivity contribution >= 4 is 22.7 Å². The van der Waals surface area contributed by atoms with E-state index in [0.717, 1.165) is 16.9 Å². The summed E-state index contributed by atoms with van der Waals surface area (Å²) in [6.45, 7) is 2.78. The maximum absolute atomic E-state index is 11.5. The fourth-order valence-corrected chi connectivity index (χ4v) is 3.32. The average molecular weight is 372 g/mol. The van der Waals surface area contributed by atoms with Gasteiger partial charge in [-0.1, -0.05) is 35.9 Å². The van der Waals surface area contributed by atoms with Gasteiger partial charge in [0, 0.05) is 30.7 Å². The van der Waals surface area contributed by atoms with Gasteiger partial charge in [-0.25, -0.2) is 9.78 Å². The van der Waals surface area contributed by atoms with Crippen LogP contribution in [0.4, 0.5) is 5.82 Å². The molecule has 6 heteroatoms. The van der Waals surface area contributed by atoms with E-state index in [0.29, 0.717) is 17.4 Å². The molecule has 0 atom stereocenters. The maximum atomic E-state index is 11.5. The molecule has 28 heavy (non-hydrogen) atoms. The van der Waals surface area contributed by atoms with E-state index in [1.165, 1.54) is 15.8 Å². The Kier molecular flexibility index (Phi) is 4.53. The lowest BCUT2D eigenvalue weighted by molar-refractivity contribution is 0.0687. The van der Waals surface area contributed by atoms with Gasteiger partial charge in [-0.3, -0.25) is 4.68 Å². The van der Waals surface area contributed by atoms with E-state index >= 15 is 0 Å². The highest BCUT2D eigenvalue weighted by molar-refractivity contribution is 6.02. The van der Waals surface area contributed by atoms with E-state index in [4.69, 9.17) is 0 Å². The van der Waals surface area contributed by atoms with Crippen molar-refractivity contribution in [1.82, 2.24) is 14.8 Å². The zero-order valence-corrected chi connectivity index (χ0v) is 15.7. The van der Waals surface area contributed by atoms with Gasteiger partial charge in [0.2, 0.25) is 0 Å². The van der Waals surface area contributed by atoms with Crippen molar-refractivity contribution in [3.8, 4) is 11.1 Å². The number of carboxylic acid groups (broad SMARTS) is 1. The van der Waals surface area contributed by atoms with Gasteiger partial charge in [-0.05, 0) is 42.3 Å². The van der Waals surface area contributed by atoms with Crippen LogP contribution in [0.3, 0.4) is 0 Å². The Hall–Kier alpha value is -3.67. The molecule has 2 N–H and O–H groups in total. The van der Waals surface area contributed by atoms with Crippen LogP contribution in [0.5, 0.6) is 0 Å². The molecule has 140 valence electrons. The summed E-state index contributed by atoms with van der Waals surface area (Å²) in [7, 11) is 1.64. The molecule has 0 spiro atoms. The number of nitrogens with zero attached hydrogens (tertiary/aromatic N) is 3. The van der Waals surface area contributed by atoms with Gasteiger partial charge in [0.05, 0.1) is 5.52 Å². The first-order valence-corrected chi connectivity index (χ1v) is 8.97. The lowest BCUT2D eigenvalue weighted by Crippen LogP contribution is -2.05. The predicted octanol–water partition coefficient (Wildman–Crippen LogP) is 4.25. The Morgan fingerprint density at radius 1 is 1.11 bits per heavy atom. The second-order valence-corrected chi connectivity index (χ2v) is 6.78. The van der Waals surface area contributed by atoms with Crippen molar-refractivity contribution in [1.29, 1.82) is 0 Å². The third kappa shape index (κ3) is 3.44. The zero-order chi connectivity index (χ0) is 19.7. The summed E-state index contributed by atoms with van der Waals surface area (Å²) in [5.74, 6) is -0.199. The Morgan fingerprint density at radius 2 is 1.93 bits per heavy atom. The van der Waals surface area contributed by atoms with Crippen molar-refractivity contribution in [3.05, 3.63) is 77.6 Å². The van der Waals surface area contributed by atoms with E-state index in [1.807, 2.05) is 36.4 Å². The lowest BCUT2D eigenvalue weighted by Gasteiger charge is -2.08. The smallest absolute Gasteiger partial charge is 0.354 e. The van der Waals surface area contributed by atoms with Crippen LogP contribution in [-0.2, 0) is 13.6 Å². The van der Waals surface area contributed by atoms with Crippen LogP contribution in [-0.4, -0.2) is 25.8 Å². The number of carboxylic acids is 1. The second kappa shape index (κ2) is 7.15. The van der Waals surface area contributed by atoms with Gasteiger partial charge >= 0.3 is 5.97 Å². The second-order valence-electron chi connectivity index (χ2n) is 6.78. The summed E-state index contributed by atoms with van der Waals surface area (Å²) in [6.07, 6.45) is 1.79. The third-order valence-corrected chi connectivity index (χ3v) is 4.69. The van der Waals surface area contributed by atoms with Crippen molar-refractivity contribution in [2.75, 3.05) is 5.32 Å². The first-order chi connectivity index (χ1) is 13.5. The molecule has 0 aliphatic carbocycles. The molecule has 0 saturated heterocycles. The number of fused-ring (bicyclic) bond motifs is 1. The SMILES string of the molecule is Cc1cccc(CNc2ccc(-c3ccc4nn(C)c(C(=O)O)c4c3)cn2)c1. The molecule has 2 heterocycles. The summed E-state index contributed by atoms with van der Waals surface area (Å²) < 4.78 is 1.40. The number of hydrogen-bond donors (Lipinski definition) is 2. The van der Waals surface area contributed by atoms with Gasteiger partial charge in [0.1, 0.15) is 5.82 Å². The van der Waals surface area contributed by atoms with Crippen LogP contribution in [0.15, 0.2) is 60.8 Å². The maximum Gasteiger partial charge on any atom is 0.354 e. The molecule has 2 aromatic heterocycles. The fraction of sp³-hybridized carbons (Fsp3) is 0.136. The fourth-order valence-electron chi connectivity index (χ4n) is 3.32. The minimum absolute atomic E-state index is 0.182. The number of anilines is 1. The quantitative estimate of drug-likeness (QED) is 0.547. The highest BCUT2D eigenvalue weighted by atomic mass is 16.4. The molecule has 6 nitrogen and oxygen atoms in total. The van der Waals surface area contributed by atoms with Crippen molar-refractivity contribution in [3.63, 3.8) is 0 Å². The van der Waals surface area contributed by atoms with Crippen LogP contribution >= 0.6 is 0 Å². The molecule has 0 amide bonds. The number of aromatic carboxylic acids is 1. The molecular weight excluding hydrogens is 352 g/mol. The molecule has 4 aromatic rings. The minimum Gasteiger partial charge on any atom is -0.477 e. The summed E-state index contributed by atoms with van der Waals surface area (Å²) in [6, 6.07) is 17.9. The van der Waals surface area contributed by atoms with E-state index in [-0.39, 0.29) is 5.69 Å². The molecule has 4 rings (SSSR count). The average Bonchev–Trinajstić information content (AvgIpc) is 3.02. The number of carbonyl (C=O) groups is 1. The van der Waals surface area contributed by atoms with Crippen molar-refractivity contribution in [2.24, 2.45) is 7.05 Å². The molecule has 2 aromatic carbocycles. The first-order valence-electron chi connectivity index (χ1n) is 8.97. The third-order valence-electron chi connectivity index (χ3n) is 4.69. The van der Waals surface area contributed by atoms with E-state index in [9.17, 15) is 9.90 Å². The number of benzene rings is 2. The lowest BCUT2D eigenvalue weighted by atomic mass is 10.0. The Balaban J connectivity index is 1.56. The van der Waals surface area contributed by atoms with Crippen LogP contribution in [0.25, 0.3) is 22.0 Å². The monoisotopic (exact) mass is 372 g/mol. The Labute approximate surface area is 162 Å². The summed E-state index contributed by atoms with van der Waals surface area (Å²) >= 11 is 0. The van der Waals surface area contributed by atoms with Crippen LogP contribution < -0.4 is 5.32 Å². The molecule has 0 saturated carbocycles. The van der Waals surface area contributed by atoms with E-state index in [1.54, 1.807) is 13.2 Å². The number of nitrogens with one attached hydrogen (secondary N) is 1. The standard InChI is InChI=1S/C22H20N4O2/c1-14-4-3-5-15(10-14)12-23-20-9-7-17(13-24-20)16-6-8-19-18(11-16)21(22(27)28)26(2)25-19/h3-11,13H,12H2,1-2H3,(H,23,24)(H,27,28). The molecule has 0 radical (unpaired) electrons. The first kappa shape index (κ1) is 17.7. The van der Waals surface area contributed by atoms with Crippen LogP contribution in [0.2, 0.25) is 0 Å². The van der Waals surface area contributed by atoms with Gasteiger partial charge in [0.15, 0.2) is 5.69 Å². The molecular formula is C22H20N4O2. The highest BCUT2D eigenvalue weighted by Crippen LogP contribution is 2.26. The highest BCUT2D eigenvalue weighted by Gasteiger charge is 2.16. The summed E-state index contributed by atoms with van der Waals surface area (Å²) in [4.78, 5) is 16.0. The number of hydrogen-bond acceptors (Lipinski definition) is 4. The largest absolute Gasteiger partial charge is 0.477 e. The molecule has 0 aliphatic heterocycles. The number of aromatic nitrogens is 3. The minimum atomic E-state index is -0.990. The number of pyridine rings is 1. The normalized spacial score (nSPS) is 10.9. The topological polar surface area (TPSA) is 80.0 Å². The molecule has 0 aliphatic rings. The number of rotatable bonds is 5. The molecule has 0 fully saturated rings. The van der Waals surface area contributed by atoms with Crippen molar-refractivity contribution < 1.29 is 9.90 Å². The number of aryl methyl sites for hydroxylation is 2. The predicted molar refractivity (Wildman–Crippen MR) is 109 cm³/mol. The molecule has 0 bridgehead atoms. The van der Waals surface area contributed by atoms with Gasteiger partial charge in [0.25, 0.3) is 0 Å². The summed E-state index contributed by atoms with van der Waals surface area (Å²) in [5, 5.41) is 17.6. The van der Waals surface area contributed by atoms with E-state index in [2.05, 4.69) is 40.5 Å². The Morgan fingerprint density at radius 3 is 2.64 bits per heavy atom. The van der Waals surface area contributed by atoms with E-state index < -0.39 is 5.97 Å². The van der Waals surface area contributed by atoms with Gasteiger partial charge in [-0.15, -0.1) is 0 Å². The molecule has 0 unspecified atom stereocenters. The Bertz CT molecular complexity index is 1160. The zero-order valence-electron chi connectivity index (χ0n) is 15.7. The van der Waals surface area contributed by atoms with Crippen LogP contribution in [0, 0.1) is 6.92 Å². The van der Waals surface area contributed by atoms with Crippen molar-refractivity contribution in [2.45, 2.75) is 13.5 Å². The van der Waals surface area contributed by atoms with Crippen LogP contribution in [0.1, 0.15) is 21.6 Å². The summed E-state index contributed by atoms with van der Waals surface area (Å²) in [5.41, 5.74) is 5.10. The van der Waals surface area contributed by atoms with Gasteiger partial charge < -0.3 is 10.4 Å². The van der Waals surface area contributed by atoms with Gasteiger partial charge in [-0.2, -0.15) is 5.10 Å².